The van der Waals surface area contributed by atoms with E-state index in [1.54, 1.807) is 10.9 Å². The van der Waals surface area contributed by atoms with Crippen molar-refractivity contribution in [2.45, 2.75) is 25.3 Å². The molecule has 0 aliphatic heterocycles. The van der Waals surface area contributed by atoms with Crippen LogP contribution in [-0.4, -0.2) is 9.78 Å². The molecule has 1 aliphatic carbocycles. The minimum absolute atomic E-state index is 0.0269. The molecule has 0 amide bonds. The Balaban J connectivity index is 2.12. The van der Waals surface area contributed by atoms with Crippen molar-refractivity contribution in [1.29, 1.82) is 0 Å². The summed E-state index contributed by atoms with van der Waals surface area (Å²) in [5, 5.41) is 4.20. The summed E-state index contributed by atoms with van der Waals surface area (Å²) in [6, 6.07) is 3.37. The lowest BCUT2D eigenvalue weighted by Crippen LogP contribution is -2.18. The van der Waals surface area contributed by atoms with Crippen molar-refractivity contribution >= 4 is 0 Å². The molecule has 3 nitrogen and oxygen atoms in total. The molecule has 3 rings (SSSR count). The first kappa shape index (κ1) is 11.3. The number of hydrogen-bond acceptors (Lipinski definition) is 2. The molecule has 5 heteroatoms. The molecular weight excluding hydrogens is 236 g/mol. The standard InChI is InChI=1S/C13H13F2N3/c14-8-4-9(15)6-10(5-8)18-13-3-1-2-12(16)11(13)7-17-18/h4-7,12H,1-3,16H2/t12-/m0/s1. The molecule has 2 N–H and O–H groups in total. The van der Waals surface area contributed by atoms with Gasteiger partial charge in [0, 0.05) is 23.4 Å². The second-order valence-electron chi connectivity index (χ2n) is 4.58. The zero-order chi connectivity index (χ0) is 12.7. The van der Waals surface area contributed by atoms with Crippen LogP contribution >= 0.6 is 0 Å². The second kappa shape index (κ2) is 4.17. The molecule has 1 aliphatic rings. The van der Waals surface area contributed by atoms with Gasteiger partial charge < -0.3 is 5.73 Å². The van der Waals surface area contributed by atoms with Gasteiger partial charge in [-0.3, -0.25) is 0 Å². The first-order valence-corrected chi connectivity index (χ1v) is 5.94. The Morgan fingerprint density at radius 2 is 1.94 bits per heavy atom. The molecule has 1 heterocycles. The number of nitrogens with two attached hydrogens (primary N) is 1. The maximum absolute atomic E-state index is 13.2. The highest BCUT2D eigenvalue weighted by atomic mass is 19.1. The van der Waals surface area contributed by atoms with Crippen LogP contribution < -0.4 is 5.73 Å². The van der Waals surface area contributed by atoms with Gasteiger partial charge in [-0.25, -0.2) is 13.5 Å². The molecule has 1 aromatic carbocycles. The molecule has 18 heavy (non-hydrogen) atoms. The smallest absolute Gasteiger partial charge is 0.128 e. The van der Waals surface area contributed by atoms with E-state index in [4.69, 9.17) is 5.73 Å². The topological polar surface area (TPSA) is 43.8 Å². The van der Waals surface area contributed by atoms with E-state index in [1.807, 2.05) is 0 Å². The lowest BCUT2D eigenvalue weighted by atomic mass is 9.94. The predicted octanol–water partition coefficient (Wildman–Crippen LogP) is 2.49. The number of fused-ring (bicyclic) bond motifs is 1. The van der Waals surface area contributed by atoms with Crippen molar-refractivity contribution in [2.75, 3.05) is 0 Å². The van der Waals surface area contributed by atoms with Gasteiger partial charge >= 0.3 is 0 Å². The predicted molar refractivity (Wildman–Crippen MR) is 63.3 cm³/mol. The number of benzene rings is 1. The molecule has 0 radical (unpaired) electrons. The van der Waals surface area contributed by atoms with Crippen LogP contribution in [0.3, 0.4) is 0 Å². The van der Waals surface area contributed by atoms with Crippen LogP contribution in [-0.2, 0) is 6.42 Å². The normalized spacial score (nSPS) is 18.7. The Labute approximate surface area is 103 Å². The third kappa shape index (κ3) is 1.80. The molecule has 0 saturated heterocycles. The van der Waals surface area contributed by atoms with Crippen molar-refractivity contribution in [1.82, 2.24) is 9.78 Å². The Hall–Kier alpha value is -1.75. The van der Waals surface area contributed by atoms with Crippen molar-refractivity contribution < 1.29 is 8.78 Å². The van der Waals surface area contributed by atoms with Crippen LogP contribution in [0, 0.1) is 11.6 Å². The molecule has 2 aromatic rings. The van der Waals surface area contributed by atoms with E-state index in [0.717, 1.165) is 36.6 Å². The van der Waals surface area contributed by atoms with Crippen LogP contribution in [0.5, 0.6) is 0 Å². The van der Waals surface area contributed by atoms with Gasteiger partial charge in [0.2, 0.25) is 0 Å². The lowest BCUT2D eigenvalue weighted by molar-refractivity contribution is 0.554. The highest BCUT2D eigenvalue weighted by molar-refractivity contribution is 5.37. The van der Waals surface area contributed by atoms with Crippen LogP contribution in [0.25, 0.3) is 5.69 Å². The van der Waals surface area contributed by atoms with Crippen molar-refractivity contribution in [3.05, 3.63) is 47.3 Å². The molecule has 0 fully saturated rings. The summed E-state index contributed by atoms with van der Waals surface area (Å²) in [6.45, 7) is 0. The molecule has 0 unspecified atom stereocenters. The fourth-order valence-corrected chi connectivity index (χ4v) is 2.48. The first-order chi connectivity index (χ1) is 8.65. The summed E-state index contributed by atoms with van der Waals surface area (Å²) in [6.07, 6.45) is 4.43. The second-order valence-corrected chi connectivity index (χ2v) is 4.58. The highest BCUT2D eigenvalue weighted by Gasteiger charge is 2.22. The maximum atomic E-state index is 13.2. The number of hydrogen-bond donors (Lipinski definition) is 1. The van der Waals surface area contributed by atoms with Crippen LogP contribution in [0.2, 0.25) is 0 Å². The molecular formula is C13H13F2N3. The summed E-state index contributed by atoms with van der Waals surface area (Å²) in [4.78, 5) is 0. The van der Waals surface area contributed by atoms with E-state index in [9.17, 15) is 8.78 Å². The van der Waals surface area contributed by atoms with Crippen LogP contribution in [0.1, 0.15) is 30.1 Å². The third-order valence-electron chi connectivity index (χ3n) is 3.32. The quantitative estimate of drug-likeness (QED) is 0.843. The molecule has 0 saturated carbocycles. The van der Waals surface area contributed by atoms with E-state index in [1.165, 1.54) is 12.1 Å². The Bertz CT molecular complexity index is 572. The van der Waals surface area contributed by atoms with Gasteiger partial charge in [0.15, 0.2) is 0 Å². The zero-order valence-electron chi connectivity index (χ0n) is 9.74. The Morgan fingerprint density at radius 3 is 2.67 bits per heavy atom. The summed E-state index contributed by atoms with van der Waals surface area (Å²) in [7, 11) is 0. The Morgan fingerprint density at radius 1 is 1.22 bits per heavy atom. The van der Waals surface area contributed by atoms with Crippen molar-refractivity contribution in [3.8, 4) is 5.69 Å². The van der Waals surface area contributed by atoms with Gasteiger partial charge in [0.25, 0.3) is 0 Å². The highest BCUT2D eigenvalue weighted by Crippen LogP contribution is 2.29. The number of aromatic nitrogens is 2. The number of nitrogens with zero attached hydrogens (tertiary/aromatic N) is 2. The minimum Gasteiger partial charge on any atom is -0.324 e. The third-order valence-corrected chi connectivity index (χ3v) is 3.32. The lowest BCUT2D eigenvalue weighted by Gasteiger charge is -2.19. The molecule has 0 bridgehead atoms. The monoisotopic (exact) mass is 249 g/mol. The number of rotatable bonds is 1. The van der Waals surface area contributed by atoms with Crippen molar-refractivity contribution in [3.63, 3.8) is 0 Å². The molecule has 94 valence electrons. The van der Waals surface area contributed by atoms with E-state index < -0.39 is 11.6 Å². The fourth-order valence-electron chi connectivity index (χ4n) is 2.48. The van der Waals surface area contributed by atoms with E-state index in [-0.39, 0.29) is 6.04 Å². The van der Waals surface area contributed by atoms with E-state index >= 15 is 0 Å². The molecule has 1 atom stereocenters. The maximum Gasteiger partial charge on any atom is 0.128 e. The van der Waals surface area contributed by atoms with E-state index in [0.29, 0.717) is 5.69 Å². The zero-order valence-corrected chi connectivity index (χ0v) is 9.74. The van der Waals surface area contributed by atoms with Gasteiger partial charge in [-0.15, -0.1) is 0 Å². The SMILES string of the molecule is N[C@H]1CCCc2c1cnn2-c1cc(F)cc(F)c1. The molecule has 1 aromatic heterocycles. The van der Waals surface area contributed by atoms with Gasteiger partial charge in [0.05, 0.1) is 11.9 Å². The Kier molecular flexibility index (Phi) is 2.63. The fraction of sp³-hybridized carbons (Fsp3) is 0.308. The van der Waals surface area contributed by atoms with E-state index in [2.05, 4.69) is 5.10 Å². The largest absolute Gasteiger partial charge is 0.324 e. The van der Waals surface area contributed by atoms with Gasteiger partial charge in [-0.1, -0.05) is 0 Å². The average molecular weight is 249 g/mol. The van der Waals surface area contributed by atoms with Gasteiger partial charge in [-0.05, 0) is 31.4 Å². The summed E-state index contributed by atoms with van der Waals surface area (Å²) >= 11 is 0. The number of halogens is 2. The van der Waals surface area contributed by atoms with Gasteiger partial charge in [0.1, 0.15) is 11.6 Å². The first-order valence-electron chi connectivity index (χ1n) is 5.94. The summed E-state index contributed by atoms with van der Waals surface area (Å²) in [5.41, 5.74) is 8.34. The molecule has 0 spiro atoms. The van der Waals surface area contributed by atoms with Crippen molar-refractivity contribution in [2.24, 2.45) is 5.73 Å². The van der Waals surface area contributed by atoms with Crippen LogP contribution in [0.15, 0.2) is 24.4 Å². The minimum atomic E-state index is -0.602. The van der Waals surface area contributed by atoms with Crippen LogP contribution in [0.4, 0.5) is 8.78 Å². The average Bonchev–Trinajstić information content (AvgIpc) is 2.73. The summed E-state index contributed by atoms with van der Waals surface area (Å²) < 4.78 is 28.0. The van der Waals surface area contributed by atoms with Gasteiger partial charge in [-0.2, -0.15) is 5.10 Å². The summed E-state index contributed by atoms with van der Waals surface area (Å²) in [5.74, 6) is -1.20.